The van der Waals surface area contributed by atoms with E-state index in [0.29, 0.717) is 0 Å². The van der Waals surface area contributed by atoms with Crippen LogP contribution in [0.1, 0.15) is 12.8 Å². The van der Waals surface area contributed by atoms with E-state index in [1.165, 1.54) is 32.5 Å². The number of rotatable bonds is 4. The van der Waals surface area contributed by atoms with Crippen molar-refractivity contribution in [3.63, 3.8) is 0 Å². The number of likely N-dealkylation sites (tertiary alicyclic amines) is 1. The third kappa shape index (κ3) is 4.07. The van der Waals surface area contributed by atoms with E-state index in [9.17, 15) is 0 Å². The van der Waals surface area contributed by atoms with Gasteiger partial charge in [-0.25, -0.2) is 0 Å². The number of nitrogens with two attached hydrogens (primary N) is 1. The van der Waals surface area contributed by atoms with Crippen LogP contribution in [0.25, 0.3) is 0 Å². The molecule has 0 amide bonds. The van der Waals surface area contributed by atoms with Gasteiger partial charge in [0, 0.05) is 19.6 Å². The normalized spacial score (nSPS) is 21.2. The van der Waals surface area contributed by atoms with Gasteiger partial charge in [-0.1, -0.05) is 0 Å². The van der Waals surface area contributed by atoms with Crippen LogP contribution in [-0.4, -0.2) is 56.6 Å². The molecular weight excluding hydrogens is 162 g/mol. The topological polar surface area (TPSA) is 32.5 Å². The van der Waals surface area contributed by atoms with Crippen LogP contribution in [0.5, 0.6) is 0 Å². The van der Waals surface area contributed by atoms with E-state index in [2.05, 4.69) is 23.9 Å². The lowest BCUT2D eigenvalue weighted by atomic mass is 9.96. The third-order valence-electron chi connectivity index (χ3n) is 2.78. The molecule has 0 saturated carbocycles. The smallest absolute Gasteiger partial charge is 0.0105 e. The van der Waals surface area contributed by atoms with Crippen LogP contribution in [0, 0.1) is 5.92 Å². The molecule has 2 N–H and O–H groups in total. The molecule has 0 bridgehead atoms. The van der Waals surface area contributed by atoms with Crippen LogP contribution in [0.2, 0.25) is 0 Å². The van der Waals surface area contributed by atoms with Gasteiger partial charge in [0.05, 0.1) is 0 Å². The van der Waals surface area contributed by atoms with E-state index < -0.39 is 0 Å². The first kappa shape index (κ1) is 11.0. The minimum absolute atomic E-state index is 0.804. The fourth-order valence-electron chi connectivity index (χ4n) is 2.09. The Labute approximate surface area is 81.9 Å². The Bertz CT molecular complexity index is 128. The molecule has 1 aliphatic rings. The average Bonchev–Trinajstić information content (AvgIpc) is 2.08. The molecule has 0 aromatic rings. The summed E-state index contributed by atoms with van der Waals surface area (Å²) in [5.74, 6) is 0.907. The molecule has 1 saturated heterocycles. The summed E-state index contributed by atoms with van der Waals surface area (Å²) in [7, 11) is 4.32. The summed E-state index contributed by atoms with van der Waals surface area (Å²) in [4.78, 5) is 4.77. The van der Waals surface area contributed by atoms with Crippen LogP contribution in [-0.2, 0) is 0 Å². The Hall–Kier alpha value is -0.120. The highest BCUT2D eigenvalue weighted by atomic mass is 15.1. The van der Waals surface area contributed by atoms with Crippen LogP contribution in [0.3, 0.4) is 0 Å². The zero-order valence-corrected chi connectivity index (χ0v) is 9.00. The molecule has 1 fully saturated rings. The fraction of sp³-hybridized carbons (Fsp3) is 1.00. The second-order valence-corrected chi connectivity index (χ2v) is 4.34. The Morgan fingerprint density at radius 1 is 1.31 bits per heavy atom. The van der Waals surface area contributed by atoms with Gasteiger partial charge in [-0.05, 0) is 45.9 Å². The Kier molecular flexibility index (Phi) is 4.70. The van der Waals surface area contributed by atoms with Crippen molar-refractivity contribution in [1.82, 2.24) is 9.80 Å². The molecule has 0 spiro atoms. The molecule has 1 aliphatic heterocycles. The lowest BCUT2D eigenvalue weighted by Crippen LogP contribution is -2.39. The van der Waals surface area contributed by atoms with E-state index in [1.807, 2.05) is 0 Å². The standard InChI is InChI=1S/C10H23N3/c1-12(2)9-10-3-6-13(7-4-10)8-5-11/h10H,3-9,11H2,1-2H3. The van der Waals surface area contributed by atoms with Crippen LogP contribution in [0.15, 0.2) is 0 Å². The van der Waals surface area contributed by atoms with E-state index in [4.69, 9.17) is 5.73 Å². The molecule has 0 unspecified atom stereocenters. The zero-order chi connectivity index (χ0) is 9.68. The van der Waals surface area contributed by atoms with Crippen molar-refractivity contribution < 1.29 is 0 Å². The lowest BCUT2D eigenvalue weighted by Gasteiger charge is -2.32. The maximum Gasteiger partial charge on any atom is 0.0105 e. The van der Waals surface area contributed by atoms with Crippen molar-refractivity contribution >= 4 is 0 Å². The molecule has 3 heteroatoms. The van der Waals surface area contributed by atoms with E-state index >= 15 is 0 Å². The van der Waals surface area contributed by atoms with Crippen molar-refractivity contribution in [2.45, 2.75) is 12.8 Å². The number of hydrogen-bond acceptors (Lipinski definition) is 3. The van der Waals surface area contributed by atoms with Crippen molar-refractivity contribution in [1.29, 1.82) is 0 Å². The first-order chi connectivity index (χ1) is 6.22. The van der Waals surface area contributed by atoms with Crippen LogP contribution < -0.4 is 5.73 Å². The number of hydrogen-bond donors (Lipinski definition) is 1. The van der Waals surface area contributed by atoms with Crippen LogP contribution in [0.4, 0.5) is 0 Å². The van der Waals surface area contributed by atoms with Crippen molar-refractivity contribution in [3.05, 3.63) is 0 Å². The summed E-state index contributed by atoms with van der Waals surface area (Å²) in [6, 6.07) is 0. The minimum Gasteiger partial charge on any atom is -0.329 e. The zero-order valence-electron chi connectivity index (χ0n) is 9.00. The predicted molar refractivity (Wildman–Crippen MR) is 56.8 cm³/mol. The molecule has 78 valence electrons. The number of nitrogens with zero attached hydrogens (tertiary/aromatic N) is 2. The van der Waals surface area contributed by atoms with Gasteiger partial charge < -0.3 is 15.5 Å². The Morgan fingerprint density at radius 2 is 1.92 bits per heavy atom. The molecule has 1 heterocycles. The first-order valence-corrected chi connectivity index (χ1v) is 5.29. The van der Waals surface area contributed by atoms with Crippen molar-refractivity contribution in [2.24, 2.45) is 11.7 Å². The summed E-state index contributed by atoms with van der Waals surface area (Å²) in [6.07, 6.45) is 2.69. The summed E-state index contributed by atoms with van der Waals surface area (Å²) >= 11 is 0. The largest absolute Gasteiger partial charge is 0.329 e. The molecule has 0 radical (unpaired) electrons. The predicted octanol–water partition coefficient (Wildman–Crippen LogP) is 0.219. The fourth-order valence-corrected chi connectivity index (χ4v) is 2.09. The average molecular weight is 185 g/mol. The van der Waals surface area contributed by atoms with Crippen molar-refractivity contribution in [2.75, 3.05) is 46.8 Å². The van der Waals surface area contributed by atoms with Gasteiger partial charge in [0.25, 0.3) is 0 Å². The summed E-state index contributed by atoms with van der Waals surface area (Å²) in [5.41, 5.74) is 5.52. The SMILES string of the molecule is CN(C)CC1CCN(CCN)CC1. The van der Waals surface area contributed by atoms with Gasteiger partial charge >= 0.3 is 0 Å². The summed E-state index contributed by atoms with van der Waals surface area (Å²) in [6.45, 7) is 5.62. The van der Waals surface area contributed by atoms with Gasteiger partial charge in [0.1, 0.15) is 0 Å². The Morgan fingerprint density at radius 3 is 2.38 bits per heavy atom. The second kappa shape index (κ2) is 5.58. The molecule has 0 aromatic heterocycles. The van der Waals surface area contributed by atoms with E-state index in [0.717, 1.165) is 19.0 Å². The first-order valence-electron chi connectivity index (χ1n) is 5.29. The molecule has 13 heavy (non-hydrogen) atoms. The molecule has 3 nitrogen and oxygen atoms in total. The highest BCUT2D eigenvalue weighted by Gasteiger charge is 2.18. The summed E-state index contributed by atoms with van der Waals surface area (Å²) in [5, 5.41) is 0. The van der Waals surface area contributed by atoms with Gasteiger partial charge in [0.15, 0.2) is 0 Å². The number of piperidine rings is 1. The molecular formula is C10H23N3. The highest BCUT2D eigenvalue weighted by Crippen LogP contribution is 2.16. The van der Waals surface area contributed by atoms with E-state index in [1.54, 1.807) is 0 Å². The molecule has 0 aliphatic carbocycles. The monoisotopic (exact) mass is 185 g/mol. The lowest BCUT2D eigenvalue weighted by molar-refractivity contribution is 0.166. The molecule has 0 aromatic carbocycles. The van der Waals surface area contributed by atoms with Gasteiger partial charge in [0.2, 0.25) is 0 Å². The van der Waals surface area contributed by atoms with Gasteiger partial charge in [-0.3, -0.25) is 0 Å². The van der Waals surface area contributed by atoms with Crippen LogP contribution >= 0.6 is 0 Å². The highest BCUT2D eigenvalue weighted by molar-refractivity contribution is 4.73. The second-order valence-electron chi connectivity index (χ2n) is 4.34. The molecule has 1 rings (SSSR count). The maximum absolute atomic E-state index is 5.52. The quantitative estimate of drug-likeness (QED) is 0.680. The summed E-state index contributed by atoms with van der Waals surface area (Å²) < 4.78 is 0. The maximum atomic E-state index is 5.52. The minimum atomic E-state index is 0.804. The molecule has 0 atom stereocenters. The Balaban J connectivity index is 2.15. The van der Waals surface area contributed by atoms with Crippen molar-refractivity contribution in [3.8, 4) is 0 Å². The van der Waals surface area contributed by atoms with E-state index in [-0.39, 0.29) is 0 Å². The van der Waals surface area contributed by atoms with Gasteiger partial charge in [-0.2, -0.15) is 0 Å². The third-order valence-corrected chi connectivity index (χ3v) is 2.78. The van der Waals surface area contributed by atoms with Gasteiger partial charge in [-0.15, -0.1) is 0 Å².